The van der Waals surface area contributed by atoms with E-state index in [1.165, 1.54) is 6.92 Å². The molecule has 0 aromatic heterocycles. The summed E-state index contributed by atoms with van der Waals surface area (Å²) in [7, 11) is 0. The number of thioether (sulfide) groups is 1. The molecule has 0 fully saturated rings. The quantitative estimate of drug-likeness (QED) is 0.780. The van der Waals surface area contributed by atoms with Crippen LogP contribution in [0.15, 0.2) is 30.3 Å². The highest BCUT2D eigenvalue weighted by molar-refractivity contribution is 8.01. The molecular weight excluding hydrogens is 253 g/mol. The molecule has 0 saturated heterocycles. The van der Waals surface area contributed by atoms with Gasteiger partial charge in [-0.3, -0.25) is 4.79 Å². The number of benzene rings is 1. The fourth-order valence-corrected chi connectivity index (χ4v) is 1.66. The Morgan fingerprint density at radius 2 is 1.94 bits per heavy atom. The fraction of sp³-hybridized carbons (Fsp3) is 0.364. The van der Waals surface area contributed by atoms with Gasteiger partial charge >= 0.3 is 11.5 Å². The summed E-state index contributed by atoms with van der Waals surface area (Å²) in [6.45, 7) is 1.16. The Labute approximate surface area is 101 Å². The summed E-state index contributed by atoms with van der Waals surface area (Å²) >= 11 is -0.375. The summed E-state index contributed by atoms with van der Waals surface area (Å²) in [6, 6.07) is 8.78. The van der Waals surface area contributed by atoms with Crippen LogP contribution in [-0.2, 0) is 16.1 Å². The lowest BCUT2D eigenvalue weighted by Crippen LogP contribution is -2.21. The van der Waals surface area contributed by atoms with Crippen LogP contribution in [-0.4, -0.2) is 16.7 Å². The van der Waals surface area contributed by atoms with Crippen molar-refractivity contribution < 1.29 is 22.7 Å². The number of alkyl halides is 3. The fourth-order valence-electron chi connectivity index (χ4n) is 1.09. The molecule has 0 aliphatic rings. The van der Waals surface area contributed by atoms with E-state index in [4.69, 9.17) is 4.74 Å². The molecule has 1 unspecified atom stereocenters. The van der Waals surface area contributed by atoms with E-state index >= 15 is 0 Å². The lowest BCUT2D eigenvalue weighted by Gasteiger charge is -2.12. The van der Waals surface area contributed by atoms with Crippen LogP contribution in [0.1, 0.15) is 12.5 Å². The van der Waals surface area contributed by atoms with Gasteiger partial charge in [0.25, 0.3) is 0 Å². The van der Waals surface area contributed by atoms with Crippen molar-refractivity contribution in [2.45, 2.75) is 24.3 Å². The largest absolute Gasteiger partial charge is 0.460 e. The minimum atomic E-state index is -4.43. The van der Waals surface area contributed by atoms with E-state index in [1.807, 2.05) is 0 Å². The first-order valence-electron chi connectivity index (χ1n) is 4.83. The van der Waals surface area contributed by atoms with E-state index in [1.54, 1.807) is 30.3 Å². The average Bonchev–Trinajstić information content (AvgIpc) is 2.25. The molecule has 1 aromatic rings. The van der Waals surface area contributed by atoms with Gasteiger partial charge in [0.05, 0.1) is 0 Å². The second-order valence-corrected chi connectivity index (χ2v) is 4.70. The number of carbonyl (C=O) groups is 1. The molecule has 0 aliphatic carbocycles. The zero-order valence-corrected chi connectivity index (χ0v) is 9.85. The molecule has 1 aromatic carbocycles. The highest BCUT2D eigenvalue weighted by atomic mass is 32.2. The van der Waals surface area contributed by atoms with Crippen LogP contribution < -0.4 is 0 Å². The average molecular weight is 264 g/mol. The van der Waals surface area contributed by atoms with Crippen molar-refractivity contribution in [2.75, 3.05) is 0 Å². The van der Waals surface area contributed by atoms with Gasteiger partial charge in [-0.05, 0) is 24.2 Å². The van der Waals surface area contributed by atoms with E-state index in [-0.39, 0.29) is 18.4 Å². The zero-order chi connectivity index (χ0) is 12.9. The van der Waals surface area contributed by atoms with E-state index in [0.29, 0.717) is 0 Å². The summed E-state index contributed by atoms with van der Waals surface area (Å²) in [6.07, 6.45) is 0. The van der Waals surface area contributed by atoms with Crippen LogP contribution in [0.2, 0.25) is 0 Å². The highest BCUT2D eigenvalue weighted by Crippen LogP contribution is 2.34. The maximum absolute atomic E-state index is 12.0. The molecule has 0 spiro atoms. The number of hydrogen-bond donors (Lipinski definition) is 0. The maximum Gasteiger partial charge on any atom is 0.442 e. The molecule has 2 nitrogen and oxygen atoms in total. The molecule has 0 aliphatic heterocycles. The van der Waals surface area contributed by atoms with Crippen molar-refractivity contribution >= 4 is 17.7 Å². The molecule has 94 valence electrons. The number of hydrogen-bond acceptors (Lipinski definition) is 3. The second-order valence-electron chi connectivity index (χ2n) is 3.30. The Morgan fingerprint density at radius 1 is 1.35 bits per heavy atom. The van der Waals surface area contributed by atoms with Crippen LogP contribution in [0.5, 0.6) is 0 Å². The van der Waals surface area contributed by atoms with Crippen molar-refractivity contribution in [3.63, 3.8) is 0 Å². The van der Waals surface area contributed by atoms with E-state index in [2.05, 4.69) is 0 Å². The molecule has 0 radical (unpaired) electrons. The topological polar surface area (TPSA) is 26.3 Å². The van der Waals surface area contributed by atoms with Crippen molar-refractivity contribution in [1.82, 2.24) is 0 Å². The maximum atomic E-state index is 12.0. The van der Waals surface area contributed by atoms with E-state index in [9.17, 15) is 18.0 Å². The first-order valence-corrected chi connectivity index (χ1v) is 5.71. The third kappa shape index (κ3) is 5.63. The Hall–Kier alpha value is -1.17. The van der Waals surface area contributed by atoms with Gasteiger partial charge in [0.1, 0.15) is 11.9 Å². The third-order valence-electron chi connectivity index (χ3n) is 1.87. The van der Waals surface area contributed by atoms with E-state index < -0.39 is 16.7 Å². The minimum absolute atomic E-state index is 0.0115. The summed E-state index contributed by atoms with van der Waals surface area (Å²) in [5.41, 5.74) is -3.68. The summed E-state index contributed by atoms with van der Waals surface area (Å²) in [5, 5.41) is -1.25. The normalized spacial score (nSPS) is 13.2. The van der Waals surface area contributed by atoms with Crippen LogP contribution >= 0.6 is 11.8 Å². The van der Waals surface area contributed by atoms with Gasteiger partial charge in [-0.25, -0.2) is 0 Å². The van der Waals surface area contributed by atoms with Crippen molar-refractivity contribution in [3.8, 4) is 0 Å². The predicted octanol–water partition coefficient (Wildman–Crippen LogP) is 3.37. The molecule has 1 rings (SSSR count). The summed E-state index contributed by atoms with van der Waals surface area (Å²) in [4.78, 5) is 11.3. The Balaban J connectivity index is 2.40. The molecule has 1 atom stereocenters. The predicted molar refractivity (Wildman–Crippen MR) is 59.3 cm³/mol. The molecule has 0 saturated carbocycles. The number of carbonyl (C=O) groups excluding carboxylic acids is 1. The molecule has 0 N–H and O–H groups in total. The van der Waals surface area contributed by atoms with Crippen molar-refractivity contribution in [1.29, 1.82) is 0 Å². The van der Waals surface area contributed by atoms with E-state index in [0.717, 1.165) is 5.56 Å². The first-order chi connectivity index (χ1) is 7.88. The van der Waals surface area contributed by atoms with Gasteiger partial charge in [0, 0.05) is 0 Å². The second kappa shape index (κ2) is 5.95. The number of esters is 1. The van der Waals surface area contributed by atoms with Crippen LogP contribution in [0.3, 0.4) is 0 Å². The molecular formula is C11H11F3O2S. The summed E-state index contributed by atoms with van der Waals surface area (Å²) in [5.74, 6) is -0.865. The third-order valence-corrected chi connectivity index (χ3v) is 2.68. The SMILES string of the molecule is CC(SC(F)(F)F)C(=O)OCc1ccccc1. The first kappa shape index (κ1) is 13.9. The summed E-state index contributed by atoms with van der Waals surface area (Å²) < 4.78 is 40.7. The minimum Gasteiger partial charge on any atom is -0.460 e. The highest BCUT2D eigenvalue weighted by Gasteiger charge is 2.34. The van der Waals surface area contributed by atoms with Crippen molar-refractivity contribution in [2.24, 2.45) is 0 Å². The Kier molecular flexibility index (Phi) is 4.86. The Morgan fingerprint density at radius 3 is 2.47 bits per heavy atom. The van der Waals surface area contributed by atoms with Gasteiger partial charge in [0.15, 0.2) is 0 Å². The van der Waals surface area contributed by atoms with Gasteiger partial charge in [0.2, 0.25) is 0 Å². The van der Waals surface area contributed by atoms with Crippen molar-refractivity contribution in [3.05, 3.63) is 35.9 Å². The van der Waals surface area contributed by atoms with Gasteiger partial charge in [-0.1, -0.05) is 30.3 Å². The van der Waals surface area contributed by atoms with Crippen LogP contribution in [0.25, 0.3) is 0 Å². The molecule has 0 bridgehead atoms. The molecule has 6 heteroatoms. The lowest BCUT2D eigenvalue weighted by molar-refractivity contribution is -0.144. The van der Waals surface area contributed by atoms with Gasteiger partial charge in [-0.15, -0.1) is 0 Å². The lowest BCUT2D eigenvalue weighted by atomic mass is 10.2. The molecule has 0 amide bonds. The van der Waals surface area contributed by atoms with Gasteiger partial charge < -0.3 is 4.74 Å². The standard InChI is InChI=1S/C11H11F3O2S/c1-8(17-11(12,13)14)10(15)16-7-9-5-3-2-4-6-9/h2-6,8H,7H2,1H3. The monoisotopic (exact) mass is 264 g/mol. The van der Waals surface area contributed by atoms with Crippen LogP contribution in [0.4, 0.5) is 13.2 Å². The number of ether oxygens (including phenoxy) is 1. The number of halogens is 3. The van der Waals surface area contributed by atoms with Crippen LogP contribution in [0, 0.1) is 0 Å². The Bertz CT molecular complexity index is 365. The van der Waals surface area contributed by atoms with Gasteiger partial charge in [-0.2, -0.15) is 13.2 Å². The zero-order valence-electron chi connectivity index (χ0n) is 9.03. The number of rotatable bonds is 4. The molecule has 17 heavy (non-hydrogen) atoms. The smallest absolute Gasteiger partial charge is 0.442 e. The molecule has 0 heterocycles.